The van der Waals surface area contributed by atoms with Gasteiger partial charge in [-0.05, 0) is 30.5 Å². The summed E-state index contributed by atoms with van der Waals surface area (Å²) in [4.78, 5) is 27.9. The van der Waals surface area contributed by atoms with Crippen LogP contribution < -0.4 is 4.74 Å². The molecule has 3 heterocycles. The summed E-state index contributed by atoms with van der Waals surface area (Å²) in [5.41, 5.74) is 1.13. The Morgan fingerprint density at radius 3 is 2.93 bits per heavy atom. The van der Waals surface area contributed by atoms with Gasteiger partial charge in [0.1, 0.15) is 5.41 Å². The molecule has 2 unspecified atom stereocenters. The standard InChI is InChI=1S/C19H17N3O5/c1-26-14-5-4-13(10-2-3-12-11(8-10)9-27-16(12)23)22-15(14)20-17(21-22)19(6-7-19)18(24)25/h2-5,8,11-12H,6-7,9H2,1H3,(H,24,25). The van der Waals surface area contributed by atoms with Crippen LogP contribution in [0, 0.1) is 11.8 Å². The zero-order valence-corrected chi connectivity index (χ0v) is 14.6. The molecule has 1 saturated heterocycles. The van der Waals surface area contributed by atoms with Crippen molar-refractivity contribution in [2.75, 3.05) is 13.7 Å². The number of aliphatic carboxylic acids is 1. The van der Waals surface area contributed by atoms with Gasteiger partial charge in [0, 0.05) is 5.92 Å². The number of allylic oxidation sites excluding steroid dienone is 2. The monoisotopic (exact) mass is 367 g/mol. The number of carboxylic acids is 1. The Kier molecular flexibility index (Phi) is 3.22. The van der Waals surface area contributed by atoms with Crippen LogP contribution in [0.15, 0.2) is 30.4 Å². The maximum absolute atomic E-state index is 11.7. The van der Waals surface area contributed by atoms with Crippen LogP contribution >= 0.6 is 0 Å². The summed E-state index contributed by atoms with van der Waals surface area (Å²) < 4.78 is 12.2. The van der Waals surface area contributed by atoms with Crippen LogP contribution in [-0.4, -0.2) is 45.4 Å². The third-order valence-electron chi connectivity index (χ3n) is 5.58. The third-order valence-corrected chi connectivity index (χ3v) is 5.58. The number of nitrogens with zero attached hydrogens (tertiary/aromatic N) is 3. The van der Waals surface area contributed by atoms with Crippen LogP contribution in [0.3, 0.4) is 0 Å². The molecule has 2 fully saturated rings. The average Bonchev–Trinajstić information content (AvgIpc) is 3.24. The number of methoxy groups -OCH3 is 1. The lowest BCUT2D eigenvalue weighted by atomic mass is 9.87. The number of hydrogen-bond acceptors (Lipinski definition) is 6. The fourth-order valence-electron chi connectivity index (χ4n) is 3.77. The number of pyridine rings is 1. The van der Waals surface area contributed by atoms with Gasteiger partial charge in [0.2, 0.25) is 0 Å². The number of cyclic esters (lactones) is 1. The highest BCUT2D eigenvalue weighted by molar-refractivity contribution is 5.85. The molecule has 138 valence electrons. The van der Waals surface area contributed by atoms with E-state index in [9.17, 15) is 14.7 Å². The highest BCUT2D eigenvalue weighted by Gasteiger charge is 2.55. The van der Waals surface area contributed by atoms with E-state index in [1.807, 2.05) is 24.3 Å². The molecule has 0 aromatic carbocycles. The number of esters is 1. The smallest absolute Gasteiger partial charge is 0.317 e. The van der Waals surface area contributed by atoms with Crippen molar-refractivity contribution in [1.29, 1.82) is 0 Å². The molecule has 2 aliphatic carbocycles. The molecule has 0 amide bonds. The molecule has 1 saturated carbocycles. The molecule has 2 aromatic rings. The minimum absolute atomic E-state index is 0.00793. The molecule has 0 spiro atoms. The van der Waals surface area contributed by atoms with Crippen molar-refractivity contribution in [2.24, 2.45) is 11.8 Å². The van der Waals surface area contributed by atoms with Gasteiger partial charge < -0.3 is 14.6 Å². The molecule has 3 aliphatic rings. The fourth-order valence-corrected chi connectivity index (χ4v) is 3.77. The van der Waals surface area contributed by atoms with Crippen LogP contribution in [0.25, 0.3) is 11.2 Å². The summed E-state index contributed by atoms with van der Waals surface area (Å²) in [5.74, 6) is -0.525. The van der Waals surface area contributed by atoms with Gasteiger partial charge in [-0.15, -0.1) is 5.10 Å². The average molecular weight is 367 g/mol. The Morgan fingerprint density at radius 2 is 2.22 bits per heavy atom. The number of carbonyl (C=O) groups excluding carboxylic acids is 1. The number of carbonyl (C=O) groups is 2. The lowest BCUT2D eigenvalue weighted by Crippen LogP contribution is -2.21. The number of hydrogen-bond donors (Lipinski definition) is 1. The molecule has 1 aliphatic heterocycles. The Morgan fingerprint density at radius 1 is 1.41 bits per heavy atom. The summed E-state index contributed by atoms with van der Waals surface area (Å²) in [6, 6.07) is 3.65. The SMILES string of the molecule is COc1ccc(C2=CC3COC(=O)C3C=C2)n2nc(C3(C(=O)O)CC3)nc12. The van der Waals surface area contributed by atoms with Crippen LogP contribution in [0.4, 0.5) is 0 Å². The first-order chi connectivity index (χ1) is 13.0. The van der Waals surface area contributed by atoms with Crippen molar-refractivity contribution in [1.82, 2.24) is 14.6 Å². The van der Waals surface area contributed by atoms with E-state index in [1.165, 1.54) is 0 Å². The van der Waals surface area contributed by atoms with Gasteiger partial charge in [-0.25, -0.2) is 9.50 Å². The van der Waals surface area contributed by atoms with E-state index in [1.54, 1.807) is 17.7 Å². The van der Waals surface area contributed by atoms with E-state index in [-0.39, 0.29) is 17.8 Å². The second-order valence-corrected chi connectivity index (χ2v) is 7.15. The summed E-state index contributed by atoms with van der Waals surface area (Å²) in [7, 11) is 1.54. The van der Waals surface area contributed by atoms with Gasteiger partial charge >= 0.3 is 11.9 Å². The lowest BCUT2D eigenvalue weighted by molar-refractivity contribution is -0.141. The van der Waals surface area contributed by atoms with E-state index >= 15 is 0 Å². The Hall–Kier alpha value is -3.16. The molecule has 0 radical (unpaired) electrons. The van der Waals surface area contributed by atoms with E-state index in [4.69, 9.17) is 9.47 Å². The molecule has 2 atom stereocenters. The van der Waals surface area contributed by atoms with Crippen LogP contribution in [0.5, 0.6) is 5.75 Å². The zero-order valence-electron chi connectivity index (χ0n) is 14.6. The second-order valence-electron chi connectivity index (χ2n) is 7.15. The molecule has 8 nitrogen and oxygen atoms in total. The first kappa shape index (κ1) is 16.0. The van der Waals surface area contributed by atoms with Crippen molar-refractivity contribution >= 4 is 23.2 Å². The van der Waals surface area contributed by atoms with Gasteiger partial charge in [0.05, 0.1) is 25.3 Å². The Labute approximate surface area is 154 Å². The molecule has 0 bridgehead atoms. The molecule has 5 rings (SSSR count). The topological polar surface area (TPSA) is 103 Å². The van der Waals surface area contributed by atoms with Gasteiger partial charge in [0.15, 0.2) is 17.2 Å². The first-order valence-electron chi connectivity index (χ1n) is 8.78. The number of ether oxygens (including phenoxy) is 2. The van der Waals surface area contributed by atoms with Crippen molar-refractivity contribution < 1.29 is 24.2 Å². The molecule has 1 N–H and O–H groups in total. The number of aromatic nitrogens is 3. The number of fused-ring (bicyclic) bond motifs is 2. The van der Waals surface area contributed by atoms with E-state index in [0.29, 0.717) is 36.7 Å². The van der Waals surface area contributed by atoms with Gasteiger partial charge in [0.25, 0.3) is 0 Å². The quantitative estimate of drug-likeness (QED) is 0.819. The summed E-state index contributed by atoms with van der Waals surface area (Å²) in [5, 5.41) is 14.1. The van der Waals surface area contributed by atoms with Crippen molar-refractivity contribution in [3.8, 4) is 5.75 Å². The number of carboxylic acid groups (broad SMARTS) is 1. The molecular formula is C19H17N3O5. The molecule has 8 heteroatoms. The fraction of sp³-hybridized carbons (Fsp3) is 0.368. The zero-order chi connectivity index (χ0) is 18.8. The minimum Gasteiger partial charge on any atom is -0.493 e. The maximum atomic E-state index is 11.7. The predicted octanol–water partition coefficient (Wildman–Crippen LogP) is 1.60. The largest absolute Gasteiger partial charge is 0.493 e. The molecule has 27 heavy (non-hydrogen) atoms. The Balaban J connectivity index is 1.65. The minimum atomic E-state index is -0.998. The Bertz CT molecular complexity index is 1050. The highest BCUT2D eigenvalue weighted by Crippen LogP contribution is 2.47. The van der Waals surface area contributed by atoms with E-state index in [0.717, 1.165) is 11.3 Å². The maximum Gasteiger partial charge on any atom is 0.317 e. The highest BCUT2D eigenvalue weighted by atomic mass is 16.5. The summed E-state index contributed by atoms with van der Waals surface area (Å²) >= 11 is 0. The van der Waals surface area contributed by atoms with Crippen molar-refractivity contribution in [3.05, 3.63) is 41.9 Å². The third kappa shape index (κ3) is 2.22. The van der Waals surface area contributed by atoms with Crippen LogP contribution in [0.1, 0.15) is 24.4 Å². The lowest BCUT2D eigenvalue weighted by Gasteiger charge is -2.16. The summed E-state index contributed by atoms with van der Waals surface area (Å²) in [6.45, 7) is 0.362. The van der Waals surface area contributed by atoms with Crippen LogP contribution in [0.2, 0.25) is 0 Å². The normalized spacial score (nSPS) is 25.1. The summed E-state index contributed by atoms with van der Waals surface area (Å²) in [6.07, 6.45) is 6.79. The second kappa shape index (κ2) is 5.42. The van der Waals surface area contributed by atoms with Crippen molar-refractivity contribution in [3.63, 3.8) is 0 Å². The van der Waals surface area contributed by atoms with E-state index < -0.39 is 11.4 Å². The first-order valence-corrected chi connectivity index (χ1v) is 8.78. The molecular weight excluding hydrogens is 350 g/mol. The van der Waals surface area contributed by atoms with Gasteiger partial charge in [-0.3, -0.25) is 9.59 Å². The van der Waals surface area contributed by atoms with Gasteiger partial charge in [-0.2, -0.15) is 0 Å². The van der Waals surface area contributed by atoms with Crippen molar-refractivity contribution in [2.45, 2.75) is 18.3 Å². The predicted molar refractivity (Wildman–Crippen MR) is 93.1 cm³/mol. The number of rotatable bonds is 4. The van der Waals surface area contributed by atoms with Crippen LogP contribution in [-0.2, 0) is 19.7 Å². The van der Waals surface area contributed by atoms with E-state index in [2.05, 4.69) is 10.1 Å². The van der Waals surface area contributed by atoms with Gasteiger partial charge in [-0.1, -0.05) is 18.2 Å². The molecule has 2 aromatic heterocycles.